The average molecular weight is 1190 g/mol. The number of hydrogen-bond donors (Lipinski definition) is 2. The van der Waals surface area contributed by atoms with Crippen LogP contribution in [-0.2, 0) is 31.0 Å². The first kappa shape index (κ1) is 66.8. The Bertz CT molecular complexity index is 3030. The molecule has 87 heavy (non-hydrogen) atoms. The summed E-state index contributed by atoms with van der Waals surface area (Å²) in [6, 6.07) is 38.7. The third kappa shape index (κ3) is 21.0. The maximum absolute atomic E-state index is 14.0. The van der Waals surface area contributed by atoms with E-state index in [1.807, 2.05) is 0 Å². The van der Waals surface area contributed by atoms with Crippen LogP contribution in [0.25, 0.3) is 12.2 Å². The van der Waals surface area contributed by atoms with Gasteiger partial charge in [-0.25, -0.2) is 9.59 Å². The van der Waals surface area contributed by atoms with Gasteiger partial charge in [-0.05, 0) is 146 Å². The largest absolute Gasteiger partial charge is 0.494 e. The molecule has 0 aliphatic heterocycles. The molecule has 6 aromatic rings. The quantitative estimate of drug-likeness (QED) is 0.00690. The molecule has 0 aliphatic rings. The summed E-state index contributed by atoms with van der Waals surface area (Å²) in [4.78, 5) is 75.3. The fraction of sp³-hybridized carbons (Fsp3) is 0.362. The van der Waals surface area contributed by atoms with E-state index in [9.17, 15) is 49.6 Å². The number of carbonyl (C=O) groups is 4. The molecule has 0 aromatic heterocycles. The molecule has 2 N–H and O–H groups in total. The highest BCUT2D eigenvalue weighted by Gasteiger charge is 2.62. The van der Waals surface area contributed by atoms with Crippen LogP contribution in [-0.4, -0.2) is 70.4 Å². The molecule has 0 unspecified atom stereocenters. The van der Waals surface area contributed by atoms with Crippen molar-refractivity contribution in [2.75, 3.05) is 26.4 Å². The van der Waals surface area contributed by atoms with Gasteiger partial charge in [0, 0.05) is 48.3 Å². The van der Waals surface area contributed by atoms with Gasteiger partial charge in [-0.1, -0.05) is 127 Å². The van der Waals surface area contributed by atoms with Crippen molar-refractivity contribution in [3.05, 3.63) is 200 Å². The van der Waals surface area contributed by atoms with E-state index in [1.165, 1.54) is 60.7 Å². The zero-order valence-corrected chi connectivity index (χ0v) is 49.5. The average Bonchev–Trinajstić information content (AvgIpc) is 0.765. The first-order valence-corrected chi connectivity index (χ1v) is 29.8. The lowest BCUT2D eigenvalue weighted by Crippen LogP contribution is -2.57. The van der Waals surface area contributed by atoms with Crippen molar-refractivity contribution in [2.45, 2.75) is 128 Å². The summed E-state index contributed by atoms with van der Waals surface area (Å²) >= 11 is 0. The molecule has 0 saturated carbocycles. The van der Waals surface area contributed by atoms with Crippen molar-refractivity contribution >= 4 is 47.4 Å². The van der Waals surface area contributed by atoms with E-state index in [2.05, 4.69) is 13.8 Å². The van der Waals surface area contributed by atoms with Gasteiger partial charge in [0.2, 0.25) is 0 Å². The lowest BCUT2D eigenvalue weighted by molar-refractivity contribution is -0.385. The van der Waals surface area contributed by atoms with E-state index in [1.54, 1.807) is 109 Å². The second-order valence-electron chi connectivity index (χ2n) is 21.2. The van der Waals surface area contributed by atoms with Gasteiger partial charge < -0.3 is 38.6 Å². The lowest BCUT2D eigenvalue weighted by atomic mass is 9.53. The topological polar surface area (TPSA) is 250 Å². The molecule has 0 amide bonds. The van der Waals surface area contributed by atoms with Crippen LogP contribution in [0.4, 0.5) is 11.4 Å². The predicted octanol–water partition coefficient (Wildman–Crippen LogP) is 15.6. The van der Waals surface area contributed by atoms with Crippen LogP contribution in [0, 0.1) is 25.6 Å². The molecule has 0 spiro atoms. The van der Waals surface area contributed by atoms with E-state index in [0.29, 0.717) is 118 Å². The Balaban J connectivity index is 1.06. The number of benzene rings is 6. The highest BCUT2D eigenvalue weighted by Crippen LogP contribution is 2.53. The number of hydrogen-bond acceptors (Lipinski definition) is 14. The van der Waals surface area contributed by atoms with Crippen molar-refractivity contribution in [3.8, 4) is 34.5 Å². The summed E-state index contributed by atoms with van der Waals surface area (Å²) in [7, 11) is 0. The second kappa shape index (κ2) is 35.2. The molecule has 0 saturated heterocycles. The minimum absolute atomic E-state index is 0.0820. The van der Waals surface area contributed by atoms with Gasteiger partial charge in [0.1, 0.15) is 34.5 Å². The van der Waals surface area contributed by atoms with Crippen LogP contribution < -0.4 is 28.4 Å². The van der Waals surface area contributed by atoms with Crippen LogP contribution in [0.15, 0.2) is 158 Å². The summed E-state index contributed by atoms with van der Waals surface area (Å²) < 4.78 is 34.4. The van der Waals surface area contributed by atoms with Gasteiger partial charge in [-0.3, -0.25) is 29.8 Å². The number of carbonyl (C=O) groups excluding carboxylic acids is 2. The minimum atomic E-state index is -2.53. The Kier molecular flexibility index (Phi) is 27.0. The van der Waals surface area contributed by atoms with Gasteiger partial charge >= 0.3 is 23.9 Å². The molecule has 18 nitrogen and oxygen atoms in total. The van der Waals surface area contributed by atoms with Crippen molar-refractivity contribution < 1.29 is 67.7 Å². The molecular formula is C69H78N2O16. The number of nitrogens with zero attached hydrogens (tertiary/aromatic N) is 2. The third-order valence-corrected chi connectivity index (χ3v) is 15.0. The summed E-state index contributed by atoms with van der Waals surface area (Å²) in [5.41, 5.74) is -2.58. The number of non-ortho nitro benzene ring substituents is 2. The van der Waals surface area contributed by atoms with Crippen molar-refractivity contribution in [2.24, 2.45) is 5.41 Å². The maximum atomic E-state index is 14.0. The Morgan fingerprint density at radius 1 is 0.425 bits per heavy atom. The van der Waals surface area contributed by atoms with Gasteiger partial charge in [-0.15, -0.1) is 0 Å². The zero-order valence-electron chi connectivity index (χ0n) is 49.5. The summed E-state index contributed by atoms with van der Waals surface area (Å²) in [6.07, 6.45) is 16.3. The summed E-state index contributed by atoms with van der Waals surface area (Å²) in [6.45, 7) is 6.22. The van der Waals surface area contributed by atoms with E-state index in [4.69, 9.17) is 28.4 Å². The zero-order chi connectivity index (χ0) is 62.3. The van der Waals surface area contributed by atoms with Gasteiger partial charge in [0.15, 0.2) is 5.41 Å². The first-order chi connectivity index (χ1) is 42.1. The molecule has 0 atom stereocenters. The molecule has 0 radical (unpaired) electrons. The van der Waals surface area contributed by atoms with Crippen LogP contribution in [0.1, 0.15) is 139 Å². The summed E-state index contributed by atoms with van der Waals surface area (Å²) in [5, 5.41) is 46.2. The molecular weight excluding hydrogens is 1110 g/mol. The normalized spacial score (nSPS) is 12.1. The van der Waals surface area contributed by atoms with Crippen molar-refractivity contribution in [1.82, 2.24) is 0 Å². The number of nitro benzene ring substituents is 2. The highest BCUT2D eigenvalue weighted by molar-refractivity contribution is 6.01. The van der Waals surface area contributed by atoms with E-state index >= 15 is 0 Å². The minimum Gasteiger partial charge on any atom is -0.494 e. The van der Waals surface area contributed by atoms with Crippen LogP contribution in [0.2, 0.25) is 0 Å². The monoisotopic (exact) mass is 1190 g/mol. The van der Waals surface area contributed by atoms with Crippen LogP contribution >= 0.6 is 0 Å². The first-order valence-electron chi connectivity index (χ1n) is 29.8. The lowest BCUT2D eigenvalue weighted by Gasteiger charge is -2.47. The standard InChI is InChI=1S/C69H78N2O16/c1-3-5-13-47-82-60-35-39-62(40-36-60)86-64(72)43-23-52-19-31-58(32-20-52)84-49-15-9-7-11-45-68(55-25-29-57(30-26-55)71(80)81,69(66(74)75,67(76)77)51-54-17-27-56(28-18-54)70(78)79)46-12-8-10-16-50-85-59-33-21-53(22-34-59)24-44-65(73)87-63-41-37-61(38-42-63)83-48-14-6-4-2/h17-44H,3-16,45-51H2,1-2H3,(H,74,75)(H,76,77). The Labute approximate surface area is 508 Å². The number of nitro groups is 2. The fourth-order valence-electron chi connectivity index (χ4n) is 10.3. The van der Waals surface area contributed by atoms with E-state index in [-0.39, 0.29) is 29.8 Å². The smallest absolute Gasteiger partial charge is 0.336 e. The molecule has 0 heterocycles. The molecule has 6 rings (SSSR count). The van der Waals surface area contributed by atoms with E-state index in [0.717, 1.165) is 49.7 Å². The van der Waals surface area contributed by atoms with Crippen molar-refractivity contribution in [1.29, 1.82) is 0 Å². The second-order valence-corrected chi connectivity index (χ2v) is 21.2. The van der Waals surface area contributed by atoms with Gasteiger partial charge in [0.25, 0.3) is 11.4 Å². The molecule has 0 aliphatic carbocycles. The Morgan fingerprint density at radius 2 is 0.747 bits per heavy atom. The maximum Gasteiger partial charge on any atom is 0.336 e. The molecule has 18 heteroatoms. The number of carboxylic acid groups (broad SMARTS) is 2. The number of ether oxygens (including phenoxy) is 6. The van der Waals surface area contributed by atoms with Crippen LogP contribution in [0.3, 0.4) is 0 Å². The molecule has 0 fully saturated rings. The fourth-order valence-corrected chi connectivity index (χ4v) is 10.3. The van der Waals surface area contributed by atoms with Gasteiger partial charge in [-0.2, -0.15) is 0 Å². The highest BCUT2D eigenvalue weighted by atomic mass is 16.6. The SMILES string of the molecule is CCCCCOc1ccc(OC(=O)C=Cc2ccc(OCCCCCCC(CCCCCCOc3ccc(C=CC(=O)Oc4ccc(OCCCCC)cc4)cc3)(c3ccc([N+](=O)[O-])cc3)C(Cc3ccc([N+](=O)[O-])cc3)(C(=O)O)C(=O)O)cc2)cc1. The number of esters is 2. The van der Waals surface area contributed by atoms with Gasteiger partial charge in [0.05, 0.1) is 36.3 Å². The summed E-state index contributed by atoms with van der Waals surface area (Å²) in [5.74, 6) is -0.857. The molecule has 460 valence electrons. The number of aliphatic carboxylic acids is 2. The Morgan fingerprint density at radius 3 is 1.09 bits per heavy atom. The Hall–Kier alpha value is -9.32. The van der Waals surface area contributed by atoms with E-state index < -0.39 is 51.0 Å². The third-order valence-electron chi connectivity index (χ3n) is 15.0. The number of carboxylic acids is 2. The molecule has 0 bridgehead atoms. The van der Waals surface area contributed by atoms with Crippen molar-refractivity contribution in [3.63, 3.8) is 0 Å². The molecule has 6 aromatic carbocycles. The van der Waals surface area contributed by atoms with Crippen LogP contribution in [0.5, 0.6) is 34.5 Å². The number of rotatable bonds is 40. The number of unbranched alkanes of at least 4 members (excludes halogenated alkanes) is 10. The predicted molar refractivity (Wildman–Crippen MR) is 332 cm³/mol.